The lowest BCUT2D eigenvalue weighted by Gasteiger charge is -2.29. The van der Waals surface area contributed by atoms with Crippen LogP contribution < -0.4 is 0 Å². The molecule has 2 atom stereocenters. The topological polar surface area (TPSA) is 0 Å². The number of halogens is 3. The van der Waals surface area contributed by atoms with Crippen LogP contribution in [0.4, 0.5) is 4.39 Å². The molecule has 1 aromatic rings. The monoisotopic (exact) mass is 272 g/mol. The molecule has 3 heteroatoms. The van der Waals surface area contributed by atoms with Crippen molar-refractivity contribution in [3.63, 3.8) is 0 Å². The van der Waals surface area contributed by atoms with Crippen LogP contribution in [0.5, 0.6) is 0 Å². The molecule has 2 fully saturated rings. The first-order valence-electron chi connectivity index (χ1n) is 6.12. The molecule has 0 heterocycles. The van der Waals surface area contributed by atoms with E-state index in [1.54, 1.807) is 6.07 Å². The summed E-state index contributed by atoms with van der Waals surface area (Å²) in [7, 11) is 0. The third-order valence-corrected chi connectivity index (χ3v) is 5.24. The second-order valence-electron chi connectivity index (χ2n) is 5.71. The van der Waals surface area contributed by atoms with E-state index >= 15 is 0 Å². The third kappa shape index (κ3) is 2.20. The second-order valence-corrected chi connectivity index (χ2v) is 6.38. The first kappa shape index (κ1) is 11.8. The lowest BCUT2D eigenvalue weighted by molar-refractivity contribution is 0.303. The molecule has 0 bridgehead atoms. The maximum atomic E-state index is 13.0. The smallest absolute Gasteiger partial charge is 0.124 e. The summed E-state index contributed by atoms with van der Waals surface area (Å²) in [5, 5.41) is 0.537. The molecule has 0 aromatic heterocycles. The average molecular weight is 273 g/mol. The molecule has 2 unspecified atom stereocenters. The minimum atomic E-state index is -0.270. The van der Waals surface area contributed by atoms with Crippen molar-refractivity contribution in [2.45, 2.75) is 25.7 Å². The van der Waals surface area contributed by atoms with Gasteiger partial charge in [0, 0.05) is 10.9 Å². The van der Waals surface area contributed by atoms with E-state index in [2.05, 4.69) is 0 Å². The predicted octanol–water partition coefficient (Wildman–Crippen LogP) is 4.68. The Kier molecular flexibility index (Phi) is 2.87. The van der Waals surface area contributed by atoms with Crippen molar-refractivity contribution in [3.8, 4) is 0 Å². The van der Waals surface area contributed by atoms with Crippen molar-refractivity contribution < 1.29 is 4.39 Å². The highest BCUT2D eigenvalue weighted by molar-refractivity contribution is 6.31. The third-order valence-electron chi connectivity index (χ3n) is 4.32. The van der Waals surface area contributed by atoms with Crippen LogP contribution in [0.3, 0.4) is 0 Å². The second kappa shape index (κ2) is 4.13. The molecule has 3 rings (SSSR count). The van der Waals surface area contributed by atoms with Gasteiger partial charge in [-0.3, -0.25) is 0 Å². The Morgan fingerprint density at radius 2 is 2.00 bits per heavy atom. The fourth-order valence-electron chi connectivity index (χ4n) is 3.38. The largest absolute Gasteiger partial charge is 0.207 e. The number of benzene rings is 1. The average Bonchev–Trinajstić information content (AvgIpc) is 2.91. The van der Waals surface area contributed by atoms with E-state index < -0.39 is 0 Å². The molecule has 0 saturated heterocycles. The molecule has 17 heavy (non-hydrogen) atoms. The van der Waals surface area contributed by atoms with Crippen molar-refractivity contribution >= 4 is 23.2 Å². The normalized spacial score (nSPS) is 34.8. The summed E-state index contributed by atoms with van der Waals surface area (Å²) in [6, 6.07) is 4.68. The van der Waals surface area contributed by atoms with E-state index in [4.69, 9.17) is 23.2 Å². The maximum Gasteiger partial charge on any atom is 0.124 e. The zero-order valence-corrected chi connectivity index (χ0v) is 11.1. The van der Waals surface area contributed by atoms with Gasteiger partial charge >= 0.3 is 0 Å². The van der Waals surface area contributed by atoms with E-state index in [1.165, 1.54) is 31.4 Å². The Morgan fingerprint density at radius 3 is 2.59 bits per heavy atom. The van der Waals surface area contributed by atoms with Crippen molar-refractivity contribution in [3.05, 3.63) is 34.6 Å². The van der Waals surface area contributed by atoms with Gasteiger partial charge in [0.05, 0.1) is 0 Å². The van der Waals surface area contributed by atoms with E-state index in [-0.39, 0.29) is 11.2 Å². The molecule has 2 saturated carbocycles. The Morgan fingerprint density at radius 1 is 1.29 bits per heavy atom. The van der Waals surface area contributed by atoms with Gasteiger partial charge in [0.25, 0.3) is 0 Å². The lowest BCUT2D eigenvalue weighted by Crippen LogP contribution is -2.24. The standard InChI is InChI=1S/C14H15Cl2F/c15-8-14(6-10-3-11(10)7-14)5-9-1-2-12(17)4-13(9)16/h1-2,4,10-11H,3,5-8H2. The number of fused-ring (bicyclic) bond motifs is 1. The summed E-state index contributed by atoms with van der Waals surface area (Å²) in [6.07, 6.45) is 4.71. The van der Waals surface area contributed by atoms with Crippen LogP contribution in [0, 0.1) is 23.1 Å². The van der Waals surface area contributed by atoms with Gasteiger partial charge in [-0.2, -0.15) is 0 Å². The van der Waals surface area contributed by atoms with Crippen LogP contribution >= 0.6 is 23.2 Å². The highest BCUT2D eigenvalue weighted by Gasteiger charge is 2.53. The maximum absolute atomic E-state index is 13.0. The number of alkyl halides is 1. The van der Waals surface area contributed by atoms with Gasteiger partial charge in [-0.25, -0.2) is 4.39 Å². The molecule has 2 aliphatic carbocycles. The summed E-state index contributed by atoms with van der Waals surface area (Å²) in [5.74, 6) is 2.21. The van der Waals surface area contributed by atoms with E-state index in [0.29, 0.717) is 10.9 Å². The molecule has 0 aliphatic heterocycles. The van der Waals surface area contributed by atoms with Crippen molar-refractivity contribution in [2.75, 3.05) is 5.88 Å². The van der Waals surface area contributed by atoms with E-state index in [9.17, 15) is 4.39 Å². The van der Waals surface area contributed by atoms with E-state index in [1.807, 2.05) is 0 Å². The van der Waals surface area contributed by atoms with Gasteiger partial charge in [-0.1, -0.05) is 17.7 Å². The Labute approximate surface area is 111 Å². The fraction of sp³-hybridized carbons (Fsp3) is 0.571. The number of hydrogen-bond donors (Lipinski definition) is 0. The SMILES string of the molecule is Fc1ccc(CC2(CCl)CC3CC3C2)c(Cl)c1. The van der Waals surface area contributed by atoms with Gasteiger partial charge in [0.15, 0.2) is 0 Å². The lowest BCUT2D eigenvalue weighted by atomic mass is 9.79. The van der Waals surface area contributed by atoms with E-state index in [0.717, 1.165) is 23.8 Å². The zero-order valence-electron chi connectivity index (χ0n) is 9.56. The Bertz CT molecular complexity index is 434. The van der Waals surface area contributed by atoms with Gasteiger partial charge in [-0.15, -0.1) is 11.6 Å². The van der Waals surface area contributed by atoms with Crippen molar-refractivity contribution in [2.24, 2.45) is 17.3 Å². The van der Waals surface area contributed by atoms with Crippen LogP contribution in [0.15, 0.2) is 18.2 Å². The van der Waals surface area contributed by atoms with Crippen LogP contribution in [0.1, 0.15) is 24.8 Å². The molecule has 0 nitrogen and oxygen atoms in total. The summed E-state index contributed by atoms with van der Waals surface area (Å²) in [6.45, 7) is 0. The summed E-state index contributed by atoms with van der Waals surface area (Å²) in [5.41, 5.74) is 1.24. The number of hydrogen-bond acceptors (Lipinski definition) is 0. The molecular formula is C14H15Cl2F. The highest BCUT2D eigenvalue weighted by atomic mass is 35.5. The summed E-state index contributed by atoms with van der Waals surface area (Å²) >= 11 is 12.3. The van der Waals surface area contributed by atoms with Crippen LogP contribution in [0.2, 0.25) is 5.02 Å². The molecule has 0 spiro atoms. The quantitative estimate of drug-likeness (QED) is 0.701. The molecule has 0 N–H and O–H groups in total. The van der Waals surface area contributed by atoms with Gasteiger partial charge < -0.3 is 0 Å². The summed E-state index contributed by atoms with van der Waals surface area (Å²) in [4.78, 5) is 0. The van der Waals surface area contributed by atoms with Crippen molar-refractivity contribution in [1.29, 1.82) is 0 Å². The van der Waals surface area contributed by atoms with Crippen LogP contribution in [-0.4, -0.2) is 5.88 Å². The number of rotatable bonds is 3. The van der Waals surface area contributed by atoms with Crippen LogP contribution in [0.25, 0.3) is 0 Å². The molecule has 0 amide bonds. The van der Waals surface area contributed by atoms with Gasteiger partial charge in [0.2, 0.25) is 0 Å². The summed E-state index contributed by atoms with van der Waals surface area (Å²) < 4.78 is 13.0. The Hall–Kier alpha value is -0.270. The van der Waals surface area contributed by atoms with Gasteiger partial charge in [0.1, 0.15) is 5.82 Å². The molecule has 2 aliphatic rings. The van der Waals surface area contributed by atoms with Crippen molar-refractivity contribution in [1.82, 2.24) is 0 Å². The molecule has 1 aromatic carbocycles. The zero-order chi connectivity index (χ0) is 12.0. The molecule has 0 radical (unpaired) electrons. The minimum Gasteiger partial charge on any atom is -0.207 e. The van der Waals surface area contributed by atoms with Crippen LogP contribution in [-0.2, 0) is 6.42 Å². The molecular weight excluding hydrogens is 258 g/mol. The van der Waals surface area contributed by atoms with Gasteiger partial charge in [-0.05, 0) is 60.6 Å². The fourth-order valence-corrected chi connectivity index (χ4v) is 3.92. The predicted molar refractivity (Wildman–Crippen MR) is 69.1 cm³/mol. The first-order chi connectivity index (χ1) is 8.12. The molecule has 92 valence electrons. The minimum absolute atomic E-state index is 0.205. The first-order valence-corrected chi connectivity index (χ1v) is 7.03. The highest BCUT2D eigenvalue weighted by Crippen LogP contribution is 2.61. The Balaban J connectivity index is 1.81.